The Labute approximate surface area is 359 Å². The van der Waals surface area contributed by atoms with Crippen LogP contribution in [0.25, 0.3) is 20.4 Å². The topological polar surface area (TPSA) is 83.0 Å². The van der Waals surface area contributed by atoms with Crippen LogP contribution in [0.1, 0.15) is 58.8 Å². The van der Waals surface area contributed by atoms with Gasteiger partial charge < -0.3 is 18.9 Å². The van der Waals surface area contributed by atoms with Gasteiger partial charge in [-0.1, -0.05) is 120 Å². The summed E-state index contributed by atoms with van der Waals surface area (Å²) in [5, 5.41) is 1.21. The molecule has 1 unspecified atom stereocenters. The Morgan fingerprint density at radius 2 is 1.10 bits per heavy atom. The number of likely N-dealkylation sites (tertiary alicyclic amines) is 1. The van der Waals surface area contributed by atoms with Crippen molar-refractivity contribution in [1.82, 2.24) is 14.9 Å². The Kier molecular flexibility index (Phi) is 13.4. The molecule has 1 aliphatic heterocycles. The summed E-state index contributed by atoms with van der Waals surface area (Å²) in [7, 11) is 3.31. The number of methoxy groups -OCH3 is 2. The third-order valence-corrected chi connectivity index (χ3v) is 12.4. The summed E-state index contributed by atoms with van der Waals surface area (Å²) in [6, 6.07) is 48.7. The van der Waals surface area contributed by atoms with Crippen LogP contribution >= 0.6 is 22.7 Å². The molecule has 1 atom stereocenters. The minimum Gasteiger partial charge on any atom is -0.493 e. The van der Waals surface area contributed by atoms with Crippen LogP contribution in [0.15, 0.2) is 146 Å². The molecule has 60 heavy (non-hydrogen) atoms. The normalized spacial score (nSPS) is 13.1. The highest BCUT2D eigenvalue weighted by Gasteiger charge is 2.23. The Hall–Kier alpha value is -6.07. The van der Waals surface area contributed by atoms with E-state index in [0.29, 0.717) is 46.5 Å². The summed E-state index contributed by atoms with van der Waals surface area (Å²) in [6.45, 7) is 2.38. The molecule has 0 aliphatic carbocycles. The number of fused-ring (bicyclic) bond motifs is 2. The number of ether oxygens (including phenoxy) is 4. The summed E-state index contributed by atoms with van der Waals surface area (Å²) in [5.41, 5.74) is 6.31. The molecule has 0 radical (unpaired) electrons. The number of aryl methyl sites for hydroxylation is 2. The number of thiazole rings is 2. The van der Waals surface area contributed by atoms with Gasteiger partial charge in [0.1, 0.15) is 0 Å². The summed E-state index contributed by atoms with van der Waals surface area (Å²) in [5.74, 6) is 2.83. The van der Waals surface area contributed by atoms with Crippen molar-refractivity contribution >= 4 is 48.9 Å². The van der Waals surface area contributed by atoms with Crippen molar-refractivity contribution in [2.75, 3.05) is 27.3 Å². The second kappa shape index (κ2) is 19.8. The highest BCUT2D eigenvalue weighted by Crippen LogP contribution is 2.38. The maximum Gasteiger partial charge on any atom is 0.279 e. The Bertz CT molecular complexity index is 2570. The number of para-hydroxylation sites is 2. The SMILES string of the molecule is COc1cc(CCC(=O)c2ccccc2)ccc1Oc1nc2ccccc2s1.COc1cc(CCC(c2ccccc2)N2CCCC2)ccc1Oc1nc2ccccc2s1. The minimum atomic E-state index is 0.134. The summed E-state index contributed by atoms with van der Waals surface area (Å²) >= 11 is 3.04. The fourth-order valence-electron chi connectivity index (χ4n) is 7.50. The van der Waals surface area contributed by atoms with Crippen molar-refractivity contribution in [1.29, 1.82) is 0 Å². The number of ketones is 1. The van der Waals surface area contributed by atoms with Crippen molar-refractivity contribution in [3.63, 3.8) is 0 Å². The van der Waals surface area contributed by atoms with Crippen molar-refractivity contribution < 1.29 is 23.7 Å². The quantitative estimate of drug-likeness (QED) is 0.0945. The monoisotopic (exact) mass is 833 g/mol. The third-order valence-electron chi connectivity index (χ3n) is 10.6. The van der Waals surface area contributed by atoms with Gasteiger partial charge in [-0.15, -0.1) is 0 Å². The molecule has 8 aromatic rings. The van der Waals surface area contributed by atoms with Gasteiger partial charge >= 0.3 is 0 Å². The Morgan fingerprint density at radius 3 is 1.63 bits per heavy atom. The van der Waals surface area contributed by atoms with Gasteiger partial charge in [-0.2, -0.15) is 0 Å². The van der Waals surface area contributed by atoms with E-state index in [1.54, 1.807) is 25.6 Å². The second-order valence-corrected chi connectivity index (χ2v) is 16.6. The maximum atomic E-state index is 12.3. The van der Waals surface area contributed by atoms with Gasteiger partial charge in [0.25, 0.3) is 10.4 Å². The molecule has 3 heterocycles. The number of benzene rings is 6. The van der Waals surface area contributed by atoms with Gasteiger partial charge in [-0.3, -0.25) is 9.69 Å². The molecule has 0 bridgehead atoms. The molecule has 0 saturated carbocycles. The molecular weight excluding hydrogens is 787 g/mol. The van der Waals surface area contributed by atoms with Gasteiger partial charge in [0, 0.05) is 18.0 Å². The first-order valence-electron chi connectivity index (χ1n) is 20.3. The number of carbonyl (C=O) groups is 1. The largest absolute Gasteiger partial charge is 0.493 e. The van der Waals surface area contributed by atoms with Gasteiger partial charge in [-0.25, -0.2) is 9.97 Å². The molecule has 1 saturated heterocycles. The first kappa shape index (κ1) is 40.7. The fraction of sp³-hybridized carbons (Fsp3) is 0.220. The van der Waals surface area contributed by atoms with E-state index in [2.05, 4.69) is 63.4 Å². The number of hydrogen-bond acceptors (Lipinski definition) is 10. The number of carbonyl (C=O) groups excluding carboxylic acids is 1. The van der Waals surface area contributed by atoms with Crippen molar-refractivity contribution in [2.24, 2.45) is 0 Å². The number of aromatic nitrogens is 2. The lowest BCUT2D eigenvalue weighted by Crippen LogP contribution is -2.26. The third kappa shape index (κ3) is 10.2. The van der Waals surface area contributed by atoms with Crippen LogP contribution in [0.4, 0.5) is 0 Å². The molecule has 0 spiro atoms. The lowest BCUT2D eigenvalue weighted by Gasteiger charge is -2.28. The molecular formula is C50H47N3O5S2. The predicted octanol–water partition coefficient (Wildman–Crippen LogP) is 12.8. The van der Waals surface area contributed by atoms with Crippen LogP contribution in [-0.4, -0.2) is 48.0 Å². The van der Waals surface area contributed by atoms with Crippen molar-refractivity contribution in [3.05, 3.63) is 168 Å². The Balaban J connectivity index is 0.000000168. The first-order chi connectivity index (χ1) is 29.5. The van der Waals surface area contributed by atoms with E-state index in [0.717, 1.165) is 50.2 Å². The van der Waals surface area contributed by atoms with Crippen LogP contribution in [-0.2, 0) is 12.8 Å². The number of hydrogen-bond donors (Lipinski definition) is 0. The Morgan fingerprint density at radius 1 is 0.600 bits per heavy atom. The van der Waals surface area contributed by atoms with Gasteiger partial charge in [0.05, 0.1) is 34.7 Å². The van der Waals surface area contributed by atoms with Crippen LogP contribution in [0.3, 0.4) is 0 Å². The van der Waals surface area contributed by atoms with E-state index in [1.165, 1.54) is 48.4 Å². The second-order valence-electron chi connectivity index (χ2n) is 14.6. The van der Waals surface area contributed by atoms with Gasteiger partial charge in [0.15, 0.2) is 28.8 Å². The molecule has 1 aliphatic rings. The molecule has 0 N–H and O–H groups in total. The molecule has 6 aromatic carbocycles. The van der Waals surface area contributed by atoms with Crippen LogP contribution in [0.2, 0.25) is 0 Å². The zero-order valence-corrected chi connectivity index (χ0v) is 35.4. The number of nitrogens with zero attached hydrogens (tertiary/aromatic N) is 3. The van der Waals surface area contributed by atoms with E-state index in [-0.39, 0.29) is 5.78 Å². The predicted molar refractivity (Wildman–Crippen MR) is 243 cm³/mol. The first-order valence-corrected chi connectivity index (χ1v) is 21.9. The van der Waals surface area contributed by atoms with E-state index in [9.17, 15) is 4.79 Å². The number of rotatable bonds is 15. The maximum absolute atomic E-state index is 12.3. The zero-order chi connectivity index (χ0) is 41.1. The summed E-state index contributed by atoms with van der Waals surface area (Å²) in [6.07, 6.45) is 5.78. The van der Waals surface area contributed by atoms with Crippen LogP contribution in [0, 0.1) is 0 Å². The molecule has 0 amide bonds. The smallest absolute Gasteiger partial charge is 0.279 e. The van der Waals surface area contributed by atoms with Crippen molar-refractivity contribution in [3.8, 4) is 33.4 Å². The standard InChI is InChI=1S/C27H28N2O2S.C23H19NO3S/c1-30-25-19-20(13-15-23(29-17-7-8-18-29)21-9-3-2-4-10-21)14-16-24(25)31-27-28-22-11-5-6-12-26(22)32-27;1-26-21-15-16(11-13-19(25)17-7-3-2-4-8-17)12-14-20(21)27-23-24-18-9-5-6-10-22(18)28-23/h2-6,9-12,14,16,19,23H,7-8,13,15,17-18H2,1H3;2-10,12,14-15H,11,13H2,1H3. The van der Waals surface area contributed by atoms with Crippen molar-refractivity contribution in [2.45, 2.75) is 44.6 Å². The average molecular weight is 834 g/mol. The molecule has 304 valence electrons. The average Bonchev–Trinajstić information content (AvgIpc) is 4.08. The number of Topliss-reactive ketones (excluding diaryl/α,β-unsaturated/α-hetero) is 1. The molecule has 8 nitrogen and oxygen atoms in total. The minimum absolute atomic E-state index is 0.134. The fourth-order valence-corrected chi connectivity index (χ4v) is 9.16. The highest BCUT2D eigenvalue weighted by molar-refractivity contribution is 7.20. The van der Waals surface area contributed by atoms with Crippen LogP contribution < -0.4 is 18.9 Å². The molecule has 10 heteroatoms. The zero-order valence-electron chi connectivity index (χ0n) is 33.8. The molecule has 9 rings (SSSR count). The van der Waals surface area contributed by atoms with Gasteiger partial charge in [-0.05, 0) is 110 Å². The highest BCUT2D eigenvalue weighted by atomic mass is 32.1. The van der Waals surface area contributed by atoms with E-state index < -0.39 is 0 Å². The molecule has 2 aromatic heterocycles. The van der Waals surface area contributed by atoms with Crippen LogP contribution in [0.5, 0.6) is 33.4 Å². The lowest BCUT2D eigenvalue weighted by molar-refractivity contribution is 0.0982. The summed E-state index contributed by atoms with van der Waals surface area (Å²) < 4.78 is 25.4. The van der Waals surface area contributed by atoms with E-state index in [4.69, 9.17) is 18.9 Å². The molecule has 1 fully saturated rings. The lowest BCUT2D eigenvalue weighted by atomic mass is 9.97. The van der Waals surface area contributed by atoms with E-state index >= 15 is 0 Å². The van der Waals surface area contributed by atoms with E-state index in [1.807, 2.05) is 97.1 Å². The van der Waals surface area contributed by atoms with Gasteiger partial charge in [0.2, 0.25) is 0 Å². The summed E-state index contributed by atoms with van der Waals surface area (Å²) in [4.78, 5) is 24.0.